The highest BCUT2D eigenvalue weighted by molar-refractivity contribution is 5.89. The molecule has 2 fully saturated rings. The van der Waals surface area contributed by atoms with Crippen LogP contribution in [0.5, 0.6) is 0 Å². The highest BCUT2D eigenvalue weighted by Gasteiger charge is 2.50. The highest BCUT2D eigenvalue weighted by atomic mass is 19.1. The Balaban J connectivity index is 1.57. The van der Waals surface area contributed by atoms with Crippen LogP contribution >= 0.6 is 0 Å². The molecule has 1 aromatic rings. The second kappa shape index (κ2) is 4.58. The molecule has 2 saturated carbocycles. The summed E-state index contributed by atoms with van der Waals surface area (Å²) in [5.74, 6) is -2.24. The van der Waals surface area contributed by atoms with Crippen molar-refractivity contribution in [3.63, 3.8) is 0 Å². The molecule has 4 nitrogen and oxygen atoms in total. The number of aliphatic carboxylic acids is 1. The van der Waals surface area contributed by atoms with Crippen molar-refractivity contribution in [3.8, 4) is 0 Å². The molecule has 106 valence electrons. The maximum absolute atomic E-state index is 12.9. The number of hydrogen-bond acceptors (Lipinski definition) is 2. The second-order valence-electron chi connectivity index (χ2n) is 5.79. The summed E-state index contributed by atoms with van der Waals surface area (Å²) in [7, 11) is 0. The van der Waals surface area contributed by atoms with Gasteiger partial charge in [-0.1, -0.05) is 12.1 Å². The lowest BCUT2D eigenvalue weighted by molar-refractivity contribution is -0.140. The van der Waals surface area contributed by atoms with Crippen molar-refractivity contribution in [2.24, 2.45) is 11.8 Å². The Labute approximate surface area is 116 Å². The van der Waals surface area contributed by atoms with E-state index >= 15 is 0 Å². The Bertz CT molecular complexity index is 551. The van der Waals surface area contributed by atoms with Crippen LogP contribution in [-0.4, -0.2) is 23.5 Å². The third kappa shape index (κ3) is 2.40. The van der Waals surface area contributed by atoms with Gasteiger partial charge in [0.25, 0.3) is 0 Å². The van der Waals surface area contributed by atoms with Crippen LogP contribution in [-0.2, 0) is 15.0 Å². The SMILES string of the molecule is O=C(O)[C@@H]1C[C@H]1C(=O)NCC1(c2ccc(F)cc2)CC1. The zero-order chi connectivity index (χ0) is 14.3. The molecule has 0 aromatic heterocycles. The van der Waals surface area contributed by atoms with Crippen molar-refractivity contribution in [3.05, 3.63) is 35.6 Å². The minimum absolute atomic E-state index is 0.0863. The Hall–Kier alpha value is -1.91. The summed E-state index contributed by atoms with van der Waals surface area (Å²) in [6, 6.07) is 6.37. The summed E-state index contributed by atoms with van der Waals surface area (Å²) in [4.78, 5) is 22.6. The predicted molar refractivity (Wildman–Crippen MR) is 69.6 cm³/mol. The van der Waals surface area contributed by atoms with E-state index in [1.807, 2.05) is 0 Å². The number of halogens is 1. The third-order valence-electron chi connectivity index (χ3n) is 4.36. The van der Waals surface area contributed by atoms with Crippen LogP contribution in [0.4, 0.5) is 4.39 Å². The number of carboxylic acids is 1. The fourth-order valence-corrected chi connectivity index (χ4v) is 2.67. The van der Waals surface area contributed by atoms with E-state index in [1.54, 1.807) is 12.1 Å². The van der Waals surface area contributed by atoms with Crippen LogP contribution in [0.25, 0.3) is 0 Å². The molecule has 0 heterocycles. The van der Waals surface area contributed by atoms with Gasteiger partial charge >= 0.3 is 5.97 Å². The summed E-state index contributed by atoms with van der Waals surface area (Å²) in [6.07, 6.45) is 2.36. The lowest BCUT2D eigenvalue weighted by atomic mass is 9.96. The second-order valence-corrected chi connectivity index (χ2v) is 5.79. The Morgan fingerprint density at radius 3 is 2.40 bits per heavy atom. The van der Waals surface area contributed by atoms with Gasteiger partial charge in [0.05, 0.1) is 11.8 Å². The molecule has 2 N–H and O–H groups in total. The predicted octanol–water partition coefficient (Wildman–Crippen LogP) is 1.69. The molecule has 0 bridgehead atoms. The van der Waals surface area contributed by atoms with Gasteiger partial charge in [-0.3, -0.25) is 9.59 Å². The smallest absolute Gasteiger partial charge is 0.307 e. The minimum Gasteiger partial charge on any atom is -0.481 e. The van der Waals surface area contributed by atoms with Crippen LogP contribution in [0.2, 0.25) is 0 Å². The Kier molecular flexibility index (Phi) is 3.00. The summed E-state index contributed by atoms with van der Waals surface area (Å²) in [5.41, 5.74) is 0.946. The van der Waals surface area contributed by atoms with Crippen LogP contribution < -0.4 is 5.32 Å². The quantitative estimate of drug-likeness (QED) is 0.860. The fourth-order valence-electron chi connectivity index (χ4n) is 2.67. The fraction of sp³-hybridized carbons (Fsp3) is 0.467. The minimum atomic E-state index is -0.898. The maximum Gasteiger partial charge on any atom is 0.307 e. The van der Waals surface area contributed by atoms with Gasteiger partial charge in [0.2, 0.25) is 5.91 Å². The van der Waals surface area contributed by atoms with Gasteiger partial charge in [0.1, 0.15) is 5.82 Å². The van der Waals surface area contributed by atoms with Crippen molar-refractivity contribution < 1.29 is 19.1 Å². The van der Waals surface area contributed by atoms with Crippen molar-refractivity contribution in [2.75, 3.05) is 6.54 Å². The first kappa shape index (κ1) is 13.1. The molecular formula is C15H16FNO3. The first-order chi connectivity index (χ1) is 9.52. The van der Waals surface area contributed by atoms with E-state index in [4.69, 9.17) is 5.11 Å². The van der Waals surface area contributed by atoms with Gasteiger partial charge in [-0.25, -0.2) is 4.39 Å². The lowest BCUT2D eigenvalue weighted by Crippen LogP contribution is -2.34. The van der Waals surface area contributed by atoms with E-state index in [0.717, 1.165) is 18.4 Å². The van der Waals surface area contributed by atoms with Crippen LogP contribution in [0, 0.1) is 17.7 Å². The maximum atomic E-state index is 12.9. The molecule has 2 aliphatic carbocycles. The first-order valence-electron chi connectivity index (χ1n) is 6.78. The molecule has 0 aliphatic heterocycles. The van der Waals surface area contributed by atoms with Gasteiger partial charge < -0.3 is 10.4 Å². The summed E-state index contributed by atoms with van der Waals surface area (Å²) < 4.78 is 12.9. The molecule has 3 rings (SSSR count). The number of carbonyl (C=O) groups excluding carboxylic acids is 1. The van der Waals surface area contributed by atoms with Crippen molar-refractivity contribution in [1.29, 1.82) is 0 Å². The molecule has 0 spiro atoms. The standard InChI is InChI=1S/C15H16FNO3/c16-10-3-1-9(2-4-10)15(5-6-15)8-17-13(18)11-7-12(11)14(19)20/h1-4,11-12H,5-8H2,(H,17,18)(H,19,20)/t11-,12-/m1/s1. The number of nitrogens with one attached hydrogen (secondary N) is 1. The van der Waals surface area contributed by atoms with E-state index in [9.17, 15) is 14.0 Å². The van der Waals surface area contributed by atoms with E-state index in [2.05, 4.69) is 5.32 Å². The number of benzene rings is 1. The average Bonchev–Trinajstić information content (AvgIpc) is 3.30. The van der Waals surface area contributed by atoms with E-state index in [-0.39, 0.29) is 23.1 Å². The molecule has 5 heteroatoms. The van der Waals surface area contributed by atoms with E-state index < -0.39 is 11.9 Å². The largest absolute Gasteiger partial charge is 0.481 e. The molecule has 1 amide bonds. The van der Waals surface area contributed by atoms with Crippen molar-refractivity contribution >= 4 is 11.9 Å². The van der Waals surface area contributed by atoms with Crippen LogP contribution in [0.1, 0.15) is 24.8 Å². The summed E-state index contributed by atoms with van der Waals surface area (Å²) in [5, 5.41) is 11.7. The van der Waals surface area contributed by atoms with Gasteiger partial charge in [-0.05, 0) is 37.0 Å². The molecule has 2 atom stereocenters. The molecule has 2 aliphatic rings. The molecule has 0 unspecified atom stereocenters. The normalized spacial score (nSPS) is 25.9. The average molecular weight is 277 g/mol. The van der Waals surface area contributed by atoms with Crippen molar-refractivity contribution in [1.82, 2.24) is 5.32 Å². The molecule has 0 radical (unpaired) electrons. The monoisotopic (exact) mass is 277 g/mol. The number of carbonyl (C=O) groups is 2. The summed E-state index contributed by atoms with van der Waals surface area (Å²) in [6.45, 7) is 0.500. The Morgan fingerprint density at radius 1 is 1.25 bits per heavy atom. The van der Waals surface area contributed by atoms with Gasteiger partial charge in [0, 0.05) is 12.0 Å². The number of rotatable bonds is 5. The highest BCUT2D eigenvalue weighted by Crippen LogP contribution is 2.48. The zero-order valence-corrected chi connectivity index (χ0v) is 10.9. The van der Waals surface area contributed by atoms with Crippen LogP contribution in [0.15, 0.2) is 24.3 Å². The molecular weight excluding hydrogens is 261 g/mol. The zero-order valence-electron chi connectivity index (χ0n) is 10.9. The Morgan fingerprint density at radius 2 is 1.90 bits per heavy atom. The number of amides is 1. The first-order valence-corrected chi connectivity index (χ1v) is 6.78. The van der Waals surface area contributed by atoms with Crippen molar-refractivity contribution in [2.45, 2.75) is 24.7 Å². The topological polar surface area (TPSA) is 66.4 Å². The summed E-state index contributed by atoms with van der Waals surface area (Å²) >= 11 is 0. The van der Waals surface area contributed by atoms with Gasteiger partial charge in [-0.2, -0.15) is 0 Å². The molecule has 0 saturated heterocycles. The lowest BCUT2D eigenvalue weighted by Gasteiger charge is -2.16. The van der Waals surface area contributed by atoms with E-state index in [1.165, 1.54) is 12.1 Å². The number of hydrogen-bond donors (Lipinski definition) is 2. The molecule has 20 heavy (non-hydrogen) atoms. The molecule has 1 aromatic carbocycles. The number of carboxylic acid groups (broad SMARTS) is 1. The van der Waals surface area contributed by atoms with Gasteiger partial charge in [0.15, 0.2) is 0 Å². The van der Waals surface area contributed by atoms with Gasteiger partial charge in [-0.15, -0.1) is 0 Å². The van der Waals surface area contributed by atoms with E-state index in [0.29, 0.717) is 13.0 Å². The van der Waals surface area contributed by atoms with Crippen LogP contribution in [0.3, 0.4) is 0 Å². The third-order valence-corrected chi connectivity index (χ3v) is 4.36.